The molecule has 1 aromatic rings. The Morgan fingerprint density at radius 1 is 1.17 bits per heavy atom. The van der Waals surface area contributed by atoms with Crippen LogP contribution in [0.1, 0.15) is 31.2 Å². The topological polar surface area (TPSA) is 82.4 Å². The van der Waals surface area contributed by atoms with Crippen LogP contribution in [0.2, 0.25) is 0 Å². The molecule has 1 saturated heterocycles. The van der Waals surface area contributed by atoms with E-state index in [2.05, 4.69) is 5.32 Å². The van der Waals surface area contributed by atoms with Crippen molar-refractivity contribution in [1.82, 2.24) is 10.2 Å². The van der Waals surface area contributed by atoms with E-state index in [0.29, 0.717) is 23.1 Å². The van der Waals surface area contributed by atoms with Crippen molar-refractivity contribution in [3.63, 3.8) is 0 Å². The van der Waals surface area contributed by atoms with Gasteiger partial charge in [-0.1, -0.05) is 0 Å². The Morgan fingerprint density at radius 2 is 1.79 bits per heavy atom. The second-order valence-electron chi connectivity index (χ2n) is 6.79. The zero-order valence-corrected chi connectivity index (χ0v) is 13.3. The zero-order valence-electron chi connectivity index (χ0n) is 13.3. The molecule has 0 aromatic heterocycles. The first kappa shape index (κ1) is 15.0. The number of rotatable bonds is 6. The number of imide groups is 1. The molecular weight excluding hydrogens is 306 g/mol. The number of carbonyl (C=O) groups is 2. The molecule has 0 spiro atoms. The van der Waals surface area contributed by atoms with Crippen LogP contribution >= 0.6 is 0 Å². The largest absolute Gasteiger partial charge is 0.492 e. The summed E-state index contributed by atoms with van der Waals surface area (Å²) in [5, 5.41) is 11.8. The fraction of sp³-hybridized carbons (Fsp3) is 0.500. The van der Waals surface area contributed by atoms with Gasteiger partial charge in [-0.05, 0) is 61.8 Å². The highest BCUT2D eigenvalue weighted by molar-refractivity contribution is 6.08. The maximum absolute atomic E-state index is 12.9. The minimum absolute atomic E-state index is 0.0686. The predicted molar refractivity (Wildman–Crippen MR) is 85.1 cm³/mol. The van der Waals surface area contributed by atoms with Crippen LogP contribution in [0.25, 0.3) is 0 Å². The summed E-state index contributed by atoms with van der Waals surface area (Å²) in [6.45, 7) is 0.488. The Hall–Kier alpha value is -2.55. The molecule has 2 aliphatic carbocycles. The van der Waals surface area contributed by atoms with Crippen LogP contribution in [0.5, 0.6) is 5.75 Å². The quantitative estimate of drug-likeness (QED) is 0.812. The maximum atomic E-state index is 12.9. The summed E-state index contributed by atoms with van der Waals surface area (Å²) in [6, 6.07) is 8.53. The summed E-state index contributed by atoms with van der Waals surface area (Å²) in [6.07, 6.45) is 4.10. The molecule has 0 atom stereocenters. The number of hydrogen-bond donors (Lipinski definition) is 1. The first-order valence-corrected chi connectivity index (χ1v) is 8.42. The fourth-order valence-corrected chi connectivity index (χ4v) is 3.66. The van der Waals surface area contributed by atoms with E-state index in [0.717, 1.165) is 25.7 Å². The second-order valence-corrected chi connectivity index (χ2v) is 6.79. The van der Waals surface area contributed by atoms with Crippen LogP contribution in [0.3, 0.4) is 0 Å². The third-order valence-electron chi connectivity index (χ3n) is 5.17. The minimum Gasteiger partial charge on any atom is -0.492 e. The fourth-order valence-electron chi connectivity index (χ4n) is 3.66. The molecule has 2 saturated carbocycles. The number of nitriles is 1. The van der Waals surface area contributed by atoms with Crippen molar-refractivity contribution in [1.29, 1.82) is 5.26 Å². The molecule has 1 aromatic carbocycles. The molecule has 0 unspecified atom stereocenters. The predicted octanol–water partition coefficient (Wildman–Crippen LogP) is 2.05. The number of nitrogens with zero attached hydrogens (tertiary/aromatic N) is 2. The summed E-state index contributed by atoms with van der Waals surface area (Å²) in [4.78, 5) is 26.5. The number of nitrogens with one attached hydrogen (secondary N) is 1. The number of urea groups is 1. The lowest BCUT2D eigenvalue weighted by molar-refractivity contribution is -0.133. The number of hydrogen-bond acceptors (Lipinski definition) is 4. The molecule has 4 rings (SSSR count). The Balaban J connectivity index is 1.38. The first-order valence-electron chi connectivity index (χ1n) is 8.42. The van der Waals surface area contributed by atoms with Crippen molar-refractivity contribution in [3.05, 3.63) is 29.8 Å². The Labute approximate surface area is 140 Å². The van der Waals surface area contributed by atoms with E-state index >= 15 is 0 Å². The summed E-state index contributed by atoms with van der Waals surface area (Å²) in [5.74, 6) is 1.18. The standard InChI is InChI=1S/C18H19N3O3/c19-11-12-1-7-15(8-2-12)24-10-9-21-16(22)18(13-3-4-13,14-5-6-14)20-17(21)23/h1-2,7-8,13-14H,3-6,9-10H2,(H,20,23). The van der Waals surface area contributed by atoms with Gasteiger partial charge in [-0.2, -0.15) is 5.26 Å². The lowest BCUT2D eigenvalue weighted by Crippen LogP contribution is -2.51. The Kier molecular flexibility index (Phi) is 3.45. The van der Waals surface area contributed by atoms with Gasteiger partial charge >= 0.3 is 6.03 Å². The molecule has 0 radical (unpaired) electrons. The van der Waals surface area contributed by atoms with E-state index < -0.39 is 5.54 Å². The Bertz CT molecular complexity index is 702. The van der Waals surface area contributed by atoms with E-state index in [1.54, 1.807) is 24.3 Å². The van der Waals surface area contributed by atoms with Crippen molar-refractivity contribution < 1.29 is 14.3 Å². The van der Waals surface area contributed by atoms with Gasteiger partial charge in [0.25, 0.3) is 5.91 Å². The molecular formula is C18H19N3O3. The molecule has 0 bridgehead atoms. The monoisotopic (exact) mass is 325 g/mol. The molecule has 1 N–H and O–H groups in total. The maximum Gasteiger partial charge on any atom is 0.325 e. The summed E-state index contributed by atoms with van der Waals surface area (Å²) in [5.41, 5.74) is -0.0685. The van der Waals surface area contributed by atoms with Crippen LogP contribution < -0.4 is 10.1 Å². The highest BCUT2D eigenvalue weighted by atomic mass is 16.5. The average Bonchev–Trinajstić information content (AvgIpc) is 3.49. The lowest BCUT2D eigenvalue weighted by atomic mass is 9.87. The normalized spacial score (nSPS) is 22.2. The minimum atomic E-state index is -0.633. The van der Waals surface area contributed by atoms with E-state index in [4.69, 9.17) is 10.00 Å². The van der Waals surface area contributed by atoms with Crippen LogP contribution in [-0.2, 0) is 4.79 Å². The van der Waals surface area contributed by atoms with Crippen molar-refractivity contribution in [2.45, 2.75) is 31.2 Å². The van der Waals surface area contributed by atoms with Gasteiger partial charge in [0.1, 0.15) is 17.9 Å². The van der Waals surface area contributed by atoms with Gasteiger partial charge in [0.05, 0.1) is 18.2 Å². The smallest absolute Gasteiger partial charge is 0.325 e. The number of ether oxygens (including phenoxy) is 1. The third kappa shape index (κ3) is 2.41. The van der Waals surface area contributed by atoms with Gasteiger partial charge in [-0.15, -0.1) is 0 Å². The van der Waals surface area contributed by atoms with E-state index in [1.807, 2.05) is 6.07 Å². The van der Waals surface area contributed by atoms with E-state index in [9.17, 15) is 9.59 Å². The highest BCUT2D eigenvalue weighted by Crippen LogP contribution is 2.54. The van der Waals surface area contributed by atoms with Crippen LogP contribution in [0, 0.1) is 23.2 Å². The second kappa shape index (κ2) is 5.52. The van der Waals surface area contributed by atoms with E-state index in [1.165, 1.54) is 4.90 Å². The number of amides is 3. The number of benzene rings is 1. The Morgan fingerprint density at radius 3 is 2.33 bits per heavy atom. The average molecular weight is 325 g/mol. The summed E-state index contributed by atoms with van der Waals surface area (Å²) in [7, 11) is 0. The first-order chi connectivity index (χ1) is 11.6. The summed E-state index contributed by atoms with van der Waals surface area (Å²) >= 11 is 0. The molecule has 24 heavy (non-hydrogen) atoms. The molecule has 3 fully saturated rings. The van der Waals surface area contributed by atoms with E-state index in [-0.39, 0.29) is 25.1 Å². The van der Waals surface area contributed by atoms with Crippen molar-refractivity contribution in [3.8, 4) is 11.8 Å². The molecule has 3 aliphatic rings. The molecule has 6 nitrogen and oxygen atoms in total. The number of carbonyl (C=O) groups excluding carboxylic acids is 2. The van der Waals surface area contributed by atoms with Gasteiger partial charge in [0.2, 0.25) is 0 Å². The van der Waals surface area contributed by atoms with Crippen LogP contribution in [-0.4, -0.2) is 35.5 Å². The van der Waals surface area contributed by atoms with Gasteiger partial charge in [-0.3, -0.25) is 9.69 Å². The molecule has 1 heterocycles. The van der Waals surface area contributed by atoms with Gasteiger partial charge in [0.15, 0.2) is 0 Å². The highest BCUT2D eigenvalue weighted by Gasteiger charge is 2.65. The molecule has 6 heteroatoms. The van der Waals surface area contributed by atoms with Crippen molar-refractivity contribution >= 4 is 11.9 Å². The van der Waals surface area contributed by atoms with Crippen molar-refractivity contribution in [2.24, 2.45) is 11.8 Å². The molecule has 1 aliphatic heterocycles. The summed E-state index contributed by atoms with van der Waals surface area (Å²) < 4.78 is 5.60. The zero-order chi connectivity index (χ0) is 16.7. The van der Waals surface area contributed by atoms with Crippen molar-refractivity contribution in [2.75, 3.05) is 13.2 Å². The van der Waals surface area contributed by atoms with Gasteiger partial charge < -0.3 is 10.1 Å². The molecule has 124 valence electrons. The van der Waals surface area contributed by atoms with Gasteiger partial charge in [-0.25, -0.2) is 4.79 Å². The SMILES string of the molecule is N#Cc1ccc(OCCN2C(=O)NC(C3CC3)(C3CC3)C2=O)cc1. The molecule has 3 amide bonds. The van der Waals surface area contributed by atoms with Crippen LogP contribution in [0.15, 0.2) is 24.3 Å². The third-order valence-corrected chi connectivity index (χ3v) is 5.17. The van der Waals surface area contributed by atoms with Gasteiger partial charge in [0, 0.05) is 0 Å². The van der Waals surface area contributed by atoms with Crippen LogP contribution in [0.4, 0.5) is 4.79 Å². The lowest BCUT2D eigenvalue weighted by Gasteiger charge is -2.26.